The largest absolute Gasteiger partial charge is 0.355 e. The van der Waals surface area contributed by atoms with Crippen molar-refractivity contribution >= 4 is 21.6 Å². The van der Waals surface area contributed by atoms with Crippen LogP contribution in [0.2, 0.25) is 0 Å². The molecule has 0 saturated carbocycles. The van der Waals surface area contributed by atoms with Crippen molar-refractivity contribution in [2.45, 2.75) is 39.5 Å². The number of hydrogen-bond acceptors (Lipinski definition) is 3. The number of nitrogens with zero attached hydrogens (tertiary/aromatic N) is 1. The highest BCUT2D eigenvalue weighted by Crippen LogP contribution is 2.28. The third-order valence-corrected chi connectivity index (χ3v) is 5.69. The number of nitrogens with one attached hydrogen (secondary N) is 1. The predicted octanol–water partition coefficient (Wildman–Crippen LogP) is 3.63. The fourth-order valence-corrected chi connectivity index (χ4v) is 4.03. The molecule has 28 heavy (non-hydrogen) atoms. The maximum absolute atomic E-state index is 12.4. The SMILES string of the molecule is Cc1cccc(CCCNC(=O)CN(c2ccccc2C(C)C)S(C)(=O)=O)c1. The number of aryl methyl sites for hydroxylation is 2. The van der Waals surface area contributed by atoms with E-state index in [2.05, 4.69) is 30.4 Å². The second kappa shape index (κ2) is 9.73. The summed E-state index contributed by atoms with van der Waals surface area (Å²) in [6.45, 7) is 6.36. The summed E-state index contributed by atoms with van der Waals surface area (Å²) in [5, 5.41) is 2.84. The molecule has 0 radical (unpaired) electrons. The van der Waals surface area contributed by atoms with Gasteiger partial charge in [0.15, 0.2) is 0 Å². The van der Waals surface area contributed by atoms with Crippen molar-refractivity contribution in [2.24, 2.45) is 0 Å². The minimum atomic E-state index is -3.57. The number of benzene rings is 2. The Morgan fingerprint density at radius 3 is 2.46 bits per heavy atom. The monoisotopic (exact) mass is 402 g/mol. The van der Waals surface area contributed by atoms with Crippen molar-refractivity contribution in [1.29, 1.82) is 0 Å². The van der Waals surface area contributed by atoms with Gasteiger partial charge in [0.25, 0.3) is 0 Å². The van der Waals surface area contributed by atoms with Crippen LogP contribution in [0.25, 0.3) is 0 Å². The van der Waals surface area contributed by atoms with Crippen molar-refractivity contribution in [3.8, 4) is 0 Å². The van der Waals surface area contributed by atoms with Crippen LogP contribution >= 0.6 is 0 Å². The van der Waals surface area contributed by atoms with Gasteiger partial charge in [0.1, 0.15) is 6.54 Å². The Morgan fingerprint density at radius 1 is 1.11 bits per heavy atom. The molecule has 0 atom stereocenters. The van der Waals surface area contributed by atoms with Gasteiger partial charge in [-0.1, -0.05) is 61.9 Å². The molecule has 0 aromatic heterocycles. The van der Waals surface area contributed by atoms with E-state index in [-0.39, 0.29) is 18.4 Å². The standard InChI is InChI=1S/C22H30N2O3S/c1-17(2)20-12-5-6-13-21(20)24(28(4,26)27)16-22(25)23-14-8-11-19-10-7-9-18(3)15-19/h5-7,9-10,12-13,15,17H,8,11,14,16H2,1-4H3,(H,23,25). The van der Waals surface area contributed by atoms with Crippen LogP contribution < -0.4 is 9.62 Å². The first-order valence-electron chi connectivity index (χ1n) is 9.57. The second-order valence-electron chi connectivity index (χ2n) is 7.43. The first-order chi connectivity index (χ1) is 13.2. The summed E-state index contributed by atoms with van der Waals surface area (Å²) in [4.78, 5) is 12.4. The van der Waals surface area contributed by atoms with Crippen LogP contribution in [-0.4, -0.2) is 33.7 Å². The highest BCUT2D eigenvalue weighted by molar-refractivity contribution is 7.92. The van der Waals surface area contributed by atoms with Crippen LogP contribution in [0.3, 0.4) is 0 Å². The van der Waals surface area contributed by atoms with Gasteiger partial charge in [-0.2, -0.15) is 0 Å². The first-order valence-corrected chi connectivity index (χ1v) is 11.4. The molecule has 1 amide bonds. The summed E-state index contributed by atoms with van der Waals surface area (Å²) in [5.74, 6) is -0.147. The Bertz CT molecular complexity index is 908. The lowest BCUT2D eigenvalue weighted by molar-refractivity contribution is -0.119. The van der Waals surface area contributed by atoms with E-state index in [9.17, 15) is 13.2 Å². The van der Waals surface area contributed by atoms with E-state index in [1.807, 2.05) is 32.0 Å². The van der Waals surface area contributed by atoms with E-state index in [4.69, 9.17) is 0 Å². The number of carbonyl (C=O) groups excluding carboxylic acids is 1. The van der Waals surface area contributed by atoms with Gasteiger partial charge >= 0.3 is 0 Å². The highest BCUT2D eigenvalue weighted by Gasteiger charge is 2.23. The molecule has 0 fully saturated rings. The highest BCUT2D eigenvalue weighted by atomic mass is 32.2. The molecule has 0 aliphatic rings. The number of amides is 1. The molecule has 1 N–H and O–H groups in total. The quantitative estimate of drug-likeness (QED) is 0.651. The number of carbonyl (C=O) groups is 1. The van der Waals surface area contributed by atoms with Crippen LogP contribution in [0.15, 0.2) is 48.5 Å². The summed E-state index contributed by atoms with van der Waals surface area (Å²) in [6, 6.07) is 15.6. The summed E-state index contributed by atoms with van der Waals surface area (Å²) >= 11 is 0. The average molecular weight is 403 g/mol. The number of para-hydroxylation sites is 1. The van der Waals surface area contributed by atoms with Crippen molar-refractivity contribution in [2.75, 3.05) is 23.7 Å². The molecular formula is C22H30N2O3S. The fourth-order valence-electron chi connectivity index (χ4n) is 3.16. The molecule has 0 bridgehead atoms. The van der Waals surface area contributed by atoms with Crippen molar-refractivity contribution in [1.82, 2.24) is 5.32 Å². The number of anilines is 1. The fraction of sp³-hybridized carbons (Fsp3) is 0.409. The van der Waals surface area contributed by atoms with E-state index in [0.29, 0.717) is 12.2 Å². The molecule has 5 nitrogen and oxygen atoms in total. The van der Waals surface area contributed by atoms with Gasteiger partial charge in [-0.25, -0.2) is 8.42 Å². The van der Waals surface area contributed by atoms with Gasteiger partial charge in [-0.15, -0.1) is 0 Å². The van der Waals surface area contributed by atoms with Gasteiger partial charge in [0.2, 0.25) is 15.9 Å². The average Bonchev–Trinajstić information content (AvgIpc) is 2.62. The number of rotatable bonds is 9. The van der Waals surface area contributed by atoms with E-state index < -0.39 is 10.0 Å². The zero-order chi connectivity index (χ0) is 20.7. The molecule has 0 spiro atoms. The van der Waals surface area contributed by atoms with E-state index >= 15 is 0 Å². The lowest BCUT2D eigenvalue weighted by Crippen LogP contribution is -2.41. The third kappa shape index (κ3) is 6.37. The van der Waals surface area contributed by atoms with Gasteiger partial charge < -0.3 is 5.32 Å². The maximum atomic E-state index is 12.4. The Hall–Kier alpha value is -2.34. The summed E-state index contributed by atoms with van der Waals surface area (Å²) in [5.41, 5.74) is 3.92. The van der Waals surface area contributed by atoms with Gasteiger partial charge in [-0.3, -0.25) is 9.10 Å². The Morgan fingerprint density at radius 2 is 1.82 bits per heavy atom. The lowest BCUT2D eigenvalue weighted by atomic mass is 10.0. The number of hydrogen-bond donors (Lipinski definition) is 1. The molecule has 0 unspecified atom stereocenters. The summed E-state index contributed by atoms with van der Waals surface area (Å²) < 4.78 is 25.9. The zero-order valence-electron chi connectivity index (χ0n) is 17.1. The number of sulfonamides is 1. The first kappa shape index (κ1) is 22.0. The predicted molar refractivity (Wildman–Crippen MR) is 115 cm³/mol. The molecular weight excluding hydrogens is 372 g/mol. The molecule has 0 aliphatic heterocycles. The molecule has 152 valence electrons. The van der Waals surface area contributed by atoms with Crippen molar-refractivity contribution in [3.63, 3.8) is 0 Å². The Labute approximate surface area is 168 Å². The minimum absolute atomic E-state index is 0.151. The van der Waals surface area contributed by atoms with Crippen LogP contribution in [-0.2, 0) is 21.2 Å². The smallest absolute Gasteiger partial charge is 0.240 e. The van der Waals surface area contributed by atoms with Gasteiger partial charge in [0, 0.05) is 6.54 Å². The minimum Gasteiger partial charge on any atom is -0.355 e. The third-order valence-electron chi connectivity index (χ3n) is 4.56. The van der Waals surface area contributed by atoms with Crippen LogP contribution in [0.5, 0.6) is 0 Å². The molecule has 2 aromatic carbocycles. The van der Waals surface area contributed by atoms with Crippen molar-refractivity contribution in [3.05, 3.63) is 65.2 Å². The van der Waals surface area contributed by atoms with E-state index in [0.717, 1.165) is 24.7 Å². The molecule has 2 rings (SSSR count). The van der Waals surface area contributed by atoms with Crippen LogP contribution in [0, 0.1) is 6.92 Å². The van der Waals surface area contributed by atoms with Gasteiger partial charge in [-0.05, 0) is 42.9 Å². The topological polar surface area (TPSA) is 66.5 Å². The second-order valence-corrected chi connectivity index (χ2v) is 9.33. The van der Waals surface area contributed by atoms with Crippen molar-refractivity contribution < 1.29 is 13.2 Å². The molecule has 6 heteroatoms. The van der Waals surface area contributed by atoms with Gasteiger partial charge in [0.05, 0.1) is 11.9 Å². The van der Waals surface area contributed by atoms with Crippen LogP contribution in [0.1, 0.15) is 42.9 Å². The lowest BCUT2D eigenvalue weighted by Gasteiger charge is -2.25. The molecule has 0 saturated heterocycles. The maximum Gasteiger partial charge on any atom is 0.240 e. The zero-order valence-corrected chi connectivity index (χ0v) is 17.9. The molecule has 0 heterocycles. The molecule has 0 aliphatic carbocycles. The van der Waals surface area contributed by atoms with E-state index in [1.54, 1.807) is 12.1 Å². The Kier molecular flexibility index (Phi) is 7.63. The van der Waals surface area contributed by atoms with E-state index in [1.165, 1.54) is 15.4 Å². The summed E-state index contributed by atoms with van der Waals surface area (Å²) in [6.07, 6.45) is 2.81. The summed E-state index contributed by atoms with van der Waals surface area (Å²) in [7, 11) is -3.57. The van der Waals surface area contributed by atoms with Crippen LogP contribution in [0.4, 0.5) is 5.69 Å². The molecule has 2 aromatic rings. The Balaban J connectivity index is 1.99. The normalized spacial score (nSPS) is 11.5.